The number of amides is 4. The lowest BCUT2D eigenvalue weighted by Gasteiger charge is -2.29. The number of carbonyl (C=O) groups excluding carboxylic acids is 4. The monoisotopic (exact) mass is 1090 g/mol. The van der Waals surface area contributed by atoms with E-state index in [2.05, 4.69) is 52.8 Å². The van der Waals surface area contributed by atoms with Crippen LogP contribution in [0.2, 0.25) is 0 Å². The molecule has 2 saturated heterocycles. The Kier molecular flexibility index (Phi) is 16.6. The predicted molar refractivity (Wildman–Crippen MR) is 254 cm³/mol. The van der Waals surface area contributed by atoms with E-state index in [-0.39, 0.29) is 66.7 Å². The second kappa shape index (κ2) is 21.9. The third-order valence-electron chi connectivity index (χ3n) is 10.8. The van der Waals surface area contributed by atoms with Gasteiger partial charge >= 0.3 is 37.9 Å². The molecule has 3 unspecified atom stereocenters. The van der Waals surface area contributed by atoms with E-state index in [1.54, 1.807) is 41.5 Å². The van der Waals surface area contributed by atoms with Crippen molar-refractivity contribution >= 4 is 95.9 Å². The number of thiol groups is 1. The number of halogens is 2. The van der Waals surface area contributed by atoms with Crippen molar-refractivity contribution in [3.05, 3.63) is 25.3 Å². The second-order valence-electron chi connectivity index (χ2n) is 18.6. The summed E-state index contributed by atoms with van der Waals surface area (Å²) < 4.78 is 99.4. The second-order valence-corrected chi connectivity index (χ2v) is 24.3. The Labute approximate surface area is 420 Å². The number of hydrogen-bond acceptors (Lipinski definition) is 21. The summed E-state index contributed by atoms with van der Waals surface area (Å²) in [6.07, 6.45) is -9.15. The molecule has 0 radical (unpaired) electrons. The van der Waals surface area contributed by atoms with Gasteiger partial charge in [-0.3, -0.25) is 28.8 Å². The Hall–Kier alpha value is -4.97. The molecular weight excluding hydrogens is 1040 g/mol. The number of anilines is 2. The molecule has 6 heterocycles. The number of nitrogens with zero attached hydrogens (tertiary/aromatic N) is 10. The highest BCUT2D eigenvalue weighted by atomic mass is 32.7. The quantitative estimate of drug-likeness (QED) is 0.0840. The summed E-state index contributed by atoms with van der Waals surface area (Å²) in [5.74, 6) is -1.20. The van der Waals surface area contributed by atoms with Crippen LogP contribution in [0, 0.1) is 5.92 Å². The Morgan fingerprint density at radius 3 is 1.83 bits per heavy atom. The van der Waals surface area contributed by atoms with Gasteiger partial charge < -0.3 is 47.5 Å². The van der Waals surface area contributed by atoms with Crippen molar-refractivity contribution in [2.24, 2.45) is 5.92 Å². The molecule has 396 valence electrons. The van der Waals surface area contributed by atoms with E-state index < -0.39 is 111 Å². The van der Waals surface area contributed by atoms with Gasteiger partial charge in [0.15, 0.2) is 46.4 Å². The van der Waals surface area contributed by atoms with E-state index in [0.717, 1.165) is 23.5 Å². The maximum absolute atomic E-state index is 16.7. The van der Waals surface area contributed by atoms with Crippen LogP contribution in [-0.2, 0) is 58.2 Å². The van der Waals surface area contributed by atoms with E-state index in [0.29, 0.717) is 0 Å². The highest BCUT2D eigenvalue weighted by Crippen LogP contribution is 2.60. The van der Waals surface area contributed by atoms with Gasteiger partial charge in [0.25, 0.3) is 0 Å². The lowest BCUT2D eigenvalue weighted by Crippen LogP contribution is -2.36. The molecule has 2 aliphatic heterocycles. The Balaban J connectivity index is 0.998. The van der Waals surface area contributed by atoms with Crippen molar-refractivity contribution in [1.82, 2.24) is 48.8 Å². The van der Waals surface area contributed by atoms with Gasteiger partial charge in [-0.05, 0) is 59.8 Å². The van der Waals surface area contributed by atoms with Crippen LogP contribution in [-0.4, -0.2) is 174 Å². The molecule has 1 saturated carbocycles. The maximum Gasteiger partial charge on any atom is 0.412 e. The zero-order valence-corrected chi connectivity index (χ0v) is 43.5. The summed E-state index contributed by atoms with van der Waals surface area (Å²) >= 11 is 9.43. The zero-order chi connectivity index (χ0) is 52.5. The summed E-state index contributed by atoms with van der Waals surface area (Å²) in [6, 6.07) is -1.13. The fourth-order valence-electron chi connectivity index (χ4n) is 7.53. The molecule has 33 heteroatoms. The van der Waals surface area contributed by atoms with Crippen LogP contribution in [0.25, 0.3) is 22.3 Å². The van der Waals surface area contributed by atoms with E-state index in [9.17, 15) is 28.6 Å². The van der Waals surface area contributed by atoms with Crippen molar-refractivity contribution in [1.29, 1.82) is 0 Å². The number of alkyl halides is 2. The van der Waals surface area contributed by atoms with Crippen LogP contribution in [0.3, 0.4) is 0 Å². The van der Waals surface area contributed by atoms with Crippen LogP contribution in [0.4, 0.5) is 39.6 Å². The first-order valence-corrected chi connectivity index (χ1v) is 27.3. The number of nitrogens with one attached hydrogen (secondary N) is 2. The number of hydrogen-bond donors (Lipinski definition) is 4. The molecule has 3 N–H and O–H groups in total. The molecule has 10 atom stereocenters. The van der Waals surface area contributed by atoms with Gasteiger partial charge in [0, 0.05) is 20.0 Å². The average Bonchev–Trinajstić information content (AvgIpc) is 4.05. The van der Waals surface area contributed by atoms with Crippen molar-refractivity contribution in [2.75, 3.05) is 64.2 Å². The average molecular weight is 1100 g/mol. The van der Waals surface area contributed by atoms with Gasteiger partial charge in [0.1, 0.15) is 61.6 Å². The Morgan fingerprint density at radius 1 is 0.792 bits per heavy atom. The SMILES string of the molecule is CN(CCOC(=O)Nc1ncnc2c1ncn2[C@@H]1CC2COP(O)(=S)O[C@H]3[C@@H](F)[C@H](n4cnc5c(NC(=O)OCCN(C)C(=O)OC(C)(C)C)ncnc54)O[C@@H]3COP(=O)(S)O[C@H]2[C@H]1F)C(=O)OC(C)(C)C. The molecule has 1 aliphatic carbocycles. The number of fused-ring (bicyclic) bond motifs is 4. The Morgan fingerprint density at radius 2 is 1.31 bits per heavy atom. The minimum atomic E-state index is -4.52. The van der Waals surface area contributed by atoms with Gasteiger partial charge in [-0.15, -0.1) is 0 Å². The van der Waals surface area contributed by atoms with E-state index in [1.807, 2.05) is 0 Å². The molecule has 0 aromatic carbocycles. The van der Waals surface area contributed by atoms with E-state index in [1.165, 1.54) is 34.8 Å². The lowest BCUT2D eigenvalue weighted by molar-refractivity contribution is -0.0461. The molecule has 0 bridgehead atoms. The first-order chi connectivity index (χ1) is 33.7. The van der Waals surface area contributed by atoms with Gasteiger partial charge in [-0.25, -0.2) is 62.4 Å². The van der Waals surface area contributed by atoms with Crippen molar-refractivity contribution in [2.45, 2.75) is 102 Å². The summed E-state index contributed by atoms with van der Waals surface area (Å²) in [6.45, 7) is -0.275. The summed E-state index contributed by atoms with van der Waals surface area (Å²) in [4.78, 5) is 88.8. The third kappa shape index (κ3) is 13.4. The summed E-state index contributed by atoms with van der Waals surface area (Å²) in [7, 11) is 2.95. The van der Waals surface area contributed by atoms with E-state index >= 15 is 8.78 Å². The molecular formula is C39H54F2N12O15P2S2. The molecule has 4 amide bonds. The molecule has 3 aliphatic rings. The molecule has 7 rings (SSSR count). The minimum Gasteiger partial charge on any atom is -0.447 e. The largest absolute Gasteiger partial charge is 0.447 e. The predicted octanol–water partition coefficient (Wildman–Crippen LogP) is 5.70. The number of likely N-dealkylation sites (N-methyl/N-ethyl adjacent to an activating group) is 2. The summed E-state index contributed by atoms with van der Waals surface area (Å²) in [5.41, 5.74) is -1.36. The minimum absolute atomic E-state index is 0.00583. The third-order valence-corrected chi connectivity index (χ3v) is 14.0. The van der Waals surface area contributed by atoms with E-state index in [4.69, 9.17) is 53.6 Å². The number of carbonyl (C=O) groups is 4. The first kappa shape index (κ1) is 54.8. The fourth-order valence-corrected chi connectivity index (χ4v) is 10.5. The topological polar surface area (TPSA) is 306 Å². The van der Waals surface area contributed by atoms with Crippen LogP contribution >= 0.6 is 25.8 Å². The highest BCUT2D eigenvalue weighted by Gasteiger charge is 2.53. The van der Waals surface area contributed by atoms with Crippen molar-refractivity contribution in [3.63, 3.8) is 0 Å². The number of imidazole rings is 2. The van der Waals surface area contributed by atoms with Crippen LogP contribution < -0.4 is 10.6 Å². The zero-order valence-electron chi connectivity index (χ0n) is 40.0. The molecule has 3 fully saturated rings. The first-order valence-electron chi connectivity index (χ1n) is 22.0. The number of rotatable bonds is 10. The van der Waals surface area contributed by atoms with Gasteiger partial charge in [-0.2, -0.15) is 0 Å². The van der Waals surface area contributed by atoms with Gasteiger partial charge in [0.2, 0.25) is 0 Å². The fraction of sp³-hybridized carbons (Fsp3) is 0.641. The van der Waals surface area contributed by atoms with Crippen LogP contribution in [0.15, 0.2) is 25.3 Å². The number of aromatic nitrogens is 8. The molecule has 4 aromatic heterocycles. The molecule has 4 aromatic rings. The molecule has 72 heavy (non-hydrogen) atoms. The van der Waals surface area contributed by atoms with Crippen LogP contribution in [0.1, 0.15) is 60.2 Å². The maximum atomic E-state index is 16.7. The normalized spacial score (nSPS) is 27.9. The van der Waals surface area contributed by atoms with Crippen LogP contribution in [0.5, 0.6) is 0 Å². The Bertz CT molecular complexity index is 2570. The molecule has 0 spiro atoms. The van der Waals surface area contributed by atoms with Crippen molar-refractivity contribution < 1.29 is 79.2 Å². The van der Waals surface area contributed by atoms with Gasteiger partial charge in [0.05, 0.1) is 45.0 Å². The van der Waals surface area contributed by atoms with Gasteiger partial charge in [-0.1, -0.05) is 12.2 Å². The standard InChI is InChI=1S/C39H54F2N12O15P2S2/c1-38(2,3)65-36(56)50(7)9-11-60-34(54)48-29-25-31(44-16-42-29)52(18-46-25)21-13-20-14-62-69(58,71)68-28-22(15-63-70(59,72)67-27(20)23(21)40)64-33(24(28)41)53-19-47-26-30(43-17-45-32(26)53)49-35(55)61-12-10-51(8)37(57)66-39(4,5)6/h16-24,27-28,33H,9-15H2,1-8H3,(H,58,71)(H,59,72)(H,42,44,48,54)(H,43,45,49,55)/t20?,21-,22-,23+,24-,27-,28-,33-,69?,70?/m1/s1. The highest BCUT2D eigenvalue weighted by molar-refractivity contribution is 8.44. The summed E-state index contributed by atoms with van der Waals surface area (Å²) in [5, 5.41) is 4.90. The number of ether oxygens (including phenoxy) is 5. The smallest absolute Gasteiger partial charge is 0.412 e. The van der Waals surface area contributed by atoms with Crippen molar-refractivity contribution in [3.8, 4) is 0 Å². The molecule has 27 nitrogen and oxygen atoms in total. The lowest BCUT2D eigenvalue weighted by atomic mass is 10.1.